The maximum atomic E-state index is 12.3. The van der Waals surface area contributed by atoms with Crippen LogP contribution >= 0.6 is 0 Å². The molecule has 0 spiro atoms. The van der Waals surface area contributed by atoms with Gasteiger partial charge in [-0.05, 0) is 37.3 Å². The van der Waals surface area contributed by atoms with E-state index in [2.05, 4.69) is 15.3 Å². The van der Waals surface area contributed by atoms with E-state index in [4.69, 9.17) is 9.47 Å². The maximum Gasteiger partial charge on any atom is 0.262 e. The lowest BCUT2D eigenvalue weighted by Gasteiger charge is -2.09. The Morgan fingerprint density at radius 2 is 1.93 bits per heavy atom. The molecule has 1 N–H and O–H groups in total. The first-order valence-corrected chi connectivity index (χ1v) is 9.11. The molecule has 7 heteroatoms. The van der Waals surface area contributed by atoms with Crippen LogP contribution in [-0.2, 0) is 4.79 Å². The molecule has 29 heavy (non-hydrogen) atoms. The zero-order valence-corrected chi connectivity index (χ0v) is 16.1. The number of amides is 1. The normalized spacial score (nSPS) is 10.7. The number of carbonyl (C=O) groups is 1. The second-order valence-corrected chi connectivity index (χ2v) is 6.43. The molecular formula is C22H20N4O3. The van der Waals surface area contributed by atoms with Gasteiger partial charge in [-0.25, -0.2) is 9.97 Å². The van der Waals surface area contributed by atoms with Gasteiger partial charge in [-0.15, -0.1) is 0 Å². The van der Waals surface area contributed by atoms with Gasteiger partial charge in [-0.3, -0.25) is 9.20 Å². The topological polar surface area (TPSA) is 77.8 Å². The molecule has 0 atom stereocenters. The van der Waals surface area contributed by atoms with Gasteiger partial charge in [0.1, 0.15) is 11.5 Å². The lowest BCUT2D eigenvalue weighted by atomic mass is 10.1. The number of hydrogen-bond donors (Lipinski definition) is 1. The Kier molecular flexibility index (Phi) is 5.11. The number of carbonyl (C=O) groups excluding carboxylic acids is 1. The molecule has 0 aliphatic carbocycles. The summed E-state index contributed by atoms with van der Waals surface area (Å²) in [7, 11) is 1.58. The van der Waals surface area contributed by atoms with E-state index < -0.39 is 0 Å². The van der Waals surface area contributed by atoms with E-state index in [9.17, 15) is 4.79 Å². The lowest BCUT2D eigenvalue weighted by Crippen LogP contribution is -2.20. The number of aromatic nitrogens is 3. The van der Waals surface area contributed by atoms with Gasteiger partial charge >= 0.3 is 0 Å². The highest BCUT2D eigenvalue weighted by Crippen LogP contribution is 2.25. The van der Waals surface area contributed by atoms with Crippen LogP contribution < -0.4 is 14.8 Å². The first kappa shape index (κ1) is 18.5. The number of nitrogens with zero attached hydrogens (tertiary/aromatic N) is 3. The highest BCUT2D eigenvalue weighted by molar-refractivity contribution is 5.92. The summed E-state index contributed by atoms with van der Waals surface area (Å²) in [5, 5.41) is 2.86. The van der Waals surface area contributed by atoms with Gasteiger partial charge in [-0.1, -0.05) is 18.2 Å². The summed E-state index contributed by atoms with van der Waals surface area (Å²) in [5.41, 5.74) is 3.39. The van der Waals surface area contributed by atoms with Gasteiger partial charge in [0.2, 0.25) is 5.78 Å². The molecular weight excluding hydrogens is 368 g/mol. The number of ether oxygens (including phenoxy) is 2. The van der Waals surface area contributed by atoms with Gasteiger partial charge in [0.25, 0.3) is 5.91 Å². The number of imidazole rings is 1. The van der Waals surface area contributed by atoms with Gasteiger partial charge < -0.3 is 14.8 Å². The maximum absolute atomic E-state index is 12.3. The Morgan fingerprint density at radius 3 is 2.76 bits per heavy atom. The summed E-state index contributed by atoms with van der Waals surface area (Å²) < 4.78 is 12.6. The number of fused-ring (bicyclic) bond motifs is 1. The van der Waals surface area contributed by atoms with Crippen molar-refractivity contribution >= 4 is 17.4 Å². The molecule has 0 radical (unpaired) electrons. The molecule has 0 saturated heterocycles. The first-order valence-electron chi connectivity index (χ1n) is 9.11. The smallest absolute Gasteiger partial charge is 0.262 e. The summed E-state index contributed by atoms with van der Waals surface area (Å²) in [4.78, 5) is 21.2. The fourth-order valence-corrected chi connectivity index (χ4v) is 3.06. The van der Waals surface area contributed by atoms with E-state index in [-0.39, 0.29) is 12.5 Å². The van der Waals surface area contributed by atoms with E-state index in [1.165, 1.54) is 0 Å². The van der Waals surface area contributed by atoms with Crippen molar-refractivity contribution < 1.29 is 14.3 Å². The summed E-state index contributed by atoms with van der Waals surface area (Å²) in [6.07, 6.45) is 3.64. The minimum Gasteiger partial charge on any atom is -0.497 e. The van der Waals surface area contributed by atoms with E-state index in [0.29, 0.717) is 23.0 Å². The van der Waals surface area contributed by atoms with Crippen molar-refractivity contribution in [2.45, 2.75) is 6.92 Å². The van der Waals surface area contributed by atoms with Crippen LogP contribution in [0.2, 0.25) is 0 Å². The highest BCUT2D eigenvalue weighted by atomic mass is 16.5. The molecule has 0 aliphatic heterocycles. The number of hydrogen-bond acceptors (Lipinski definition) is 5. The number of nitrogens with one attached hydrogen (secondary N) is 1. The van der Waals surface area contributed by atoms with Crippen molar-refractivity contribution in [1.29, 1.82) is 0 Å². The summed E-state index contributed by atoms with van der Waals surface area (Å²) in [6, 6.07) is 16.5. The number of anilines is 1. The molecule has 0 fully saturated rings. The molecule has 2 aromatic carbocycles. The minimum absolute atomic E-state index is 0.102. The molecule has 0 bridgehead atoms. The van der Waals surface area contributed by atoms with Crippen LogP contribution in [0.5, 0.6) is 11.5 Å². The van der Waals surface area contributed by atoms with Crippen LogP contribution in [0.4, 0.5) is 5.69 Å². The average Bonchev–Trinajstić information content (AvgIpc) is 3.09. The number of methoxy groups -OCH3 is 1. The third kappa shape index (κ3) is 4.03. The van der Waals surface area contributed by atoms with Crippen molar-refractivity contribution in [3.05, 3.63) is 72.7 Å². The summed E-state index contributed by atoms with van der Waals surface area (Å²) in [6.45, 7) is 1.89. The molecule has 4 aromatic rings. The Labute approximate surface area is 168 Å². The van der Waals surface area contributed by atoms with Gasteiger partial charge in [0, 0.05) is 35.4 Å². The predicted molar refractivity (Wildman–Crippen MR) is 110 cm³/mol. The molecule has 0 aliphatic rings. The van der Waals surface area contributed by atoms with Crippen molar-refractivity contribution in [3.8, 4) is 22.8 Å². The Bertz CT molecular complexity index is 1170. The number of aryl methyl sites for hydroxylation is 1. The van der Waals surface area contributed by atoms with Crippen LogP contribution in [0.15, 0.2) is 67.0 Å². The van der Waals surface area contributed by atoms with Crippen molar-refractivity contribution in [1.82, 2.24) is 14.4 Å². The van der Waals surface area contributed by atoms with E-state index in [1.807, 2.05) is 60.0 Å². The molecule has 7 nitrogen and oxygen atoms in total. The van der Waals surface area contributed by atoms with Gasteiger partial charge in [-0.2, -0.15) is 0 Å². The molecule has 146 valence electrons. The molecule has 4 rings (SSSR count). The van der Waals surface area contributed by atoms with Crippen LogP contribution in [0.1, 0.15) is 5.69 Å². The standard InChI is InChI=1S/C22H20N4O3/c1-15-21(25-22-23-10-5-11-26(15)22)16-6-3-7-17(12-16)24-20(27)14-29-19-9-4-8-18(13-19)28-2/h3-13H,14H2,1-2H3,(H,24,27). The van der Waals surface area contributed by atoms with Gasteiger partial charge in [0.05, 0.1) is 12.8 Å². The lowest BCUT2D eigenvalue weighted by molar-refractivity contribution is -0.118. The largest absolute Gasteiger partial charge is 0.497 e. The van der Waals surface area contributed by atoms with E-state index >= 15 is 0 Å². The van der Waals surface area contributed by atoms with E-state index in [1.54, 1.807) is 25.4 Å². The second kappa shape index (κ2) is 8.02. The average molecular weight is 388 g/mol. The van der Waals surface area contributed by atoms with Crippen LogP contribution in [0, 0.1) is 6.92 Å². The van der Waals surface area contributed by atoms with Crippen LogP contribution in [0.3, 0.4) is 0 Å². The zero-order chi connectivity index (χ0) is 20.2. The van der Waals surface area contributed by atoms with Crippen LogP contribution in [-0.4, -0.2) is 34.0 Å². The number of rotatable bonds is 6. The minimum atomic E-state index is -0.252. The molecule has 1 amide bonds. The summed E-state index contributed by atoms with van der Waals surface area (Å²) in [5.74, 6) is 1.63. The highest BCUT2D eigenvalue weighted by Gasteiger charge is 2.12. The fourth-order valence-electron chi connectivity index (χ4n) is 3.06. The van der Waals surface area contributed by atoms with Crippen molar-refractivity contribution in [2.24, 2.45) is 0 Å². The molecule has 2 aromatic heterocycles. The third-order valence-corrected chi connectivity index (χ3v) is 4.47. The number of benzene rings is 2. The quantitative estimate of drug-likeness (QED) is 0.545. The predicted octanol–water partition coefficient (Wildman–Crippen LogP) is 3.73. The SMILES string of the molecule is COc1cccc(OCC(=O)Nc2cccc(-c3nc4ncccn4c3C)c2)c1. The monoisotopic (exact) mass is 388 g/mol. The summed E-state index contributed by atoms with van der Waals surface area (Å²) >= 11 is 0. The Balaban J connectivity index is 1.47. The second-order valence-electron chi connectivity index (χ2n) is 6.43. The fraction of sp³-hybridized carbons (Fsp3) is 0.136. The Hall–Kier alpha value is -3.87. The van der Waals surface area contributed by atoms with Crippen LogP contribution in [0.25, 0.3) is 17.0 Å². The zero-order valence-electron chi connectivity index (χ0n) is 16.1. The first-order chi connectivity index (χ1) is 14.1. The Morgan fingerprint density at radius 1 is 1.10 bits per heavy atom. The molecule has 0 saturated carbocycles. The van der Waals surface area contributed by atoms with E-state index in [0.717, 1.165) is 17.0 Å². The molecule has 2 heterocycles. The third-order valence-electron chi connectivity index (χ3n) is 4.47. The molecule has 0 unspecified atom stereocenters. The van der Waals surface area contributed by atoms with Crippen molar-refractivity contribution in [2.75, 3.05) is 19.0 Å². The van der Waals surface area contributed by atoms with Gasteiger partial charge in [0.15, 0.2) is 6.61 Å². The van der Waals surface area contributed by atoms with Crippen molar-refractivity contribution in [3.63, 3.8) is 0 Å².